The number of amides is 1. The zero-order chi connectivity index (χ0) is 15.9. The fraction of sp³-hybridized carbons (Fsp3) is 0.125. The van der Waals surface area contributed by atoms with Gasteiger partial charge in [0, 0.05) is 10.0 Å². The van der Waals surface area contributed by atoms with Crippen molar-refractivity contribution in [2.45, 2.75) is 13.0 Å². The van der Waals surface area contributed by atoms with Gasteiger partial charge in [-0.15, -0.1) is 0 Å². The molecule has 0 spiro atoms. The third-order valence-corrected chi connectivity index (χ3v) is 3.26. The zero-order valence-electron chi connectivity index (χ0n) is 11.8. The van der Waals surface area contributed by atoms with Crippen LogP contribution in [0.4, 0.5) is 0 Å². The van der Waals surface area contributed by atoms with E-state index in [2.05, 4.69) is 10.5 Å². The first-order chi connectivity index (χ1) is 10.5. The molecule has 114 valence electrons. The molecule has 0 aliphatic rings. The van der Waals surface area contributed by atoms with Crippen molar-refractivity contribution < 1.29 is 9.53 Å². The molecule has 0 aliphatic heterocycles. The van der Waals surface area contributed by atoms with Gasteiger partial charge >= 0.3 is 0 Å². The van der Waals surface area contributed by atoms with Crippen LogP contribution in [0.15, 0.2) is 53.6 Å². The van der Waals surface area contributed by atoms with E-state index in [-0.39, 0.29) is 5.91 Å². The second-order valence-electron chi connectivity index (χ2n) is 4.50. The number of carbonyl (C=O) groups excluding carboxylic acids is 1. The first kappa shape index (κ1) is 16.3. The highest BCUT2D eigenvalue weighted by Crippen LogP contribution is 2.16. The minimum Gasteiger partial charge on any atom is -0.481 e. The van der Waals surface area contributed by atoms with Crippen LogP contribution < -0.4 is 10.2 Å². The maximum atomic E-state index is 11.9. The van der Waals surface area contributed by atoms with E-state index in [0.29, 0.717) is 15.8 Å². The lowest BCUT2D eigenvalue weighted by molar-refractivity contribution is -0.127. The van der Waals surface area contributed by atoms with Gasteiger partial charge in [0.05, 0.1) is 6.21 Å². The number of hydrazone groups is 1. The monoisotopic (exact) mass is 336 g/mol. The normalized spacial score (nSPS) is 12.1. The number of nitrogens with one attached hydrogen (secondary N) is 1. The summed E-state index contributed by atoms with van der Waals surface area (Å²) in [5.41, 5.74) is 3.25. The van der Waals surface area contributed by atoms with E-state index >= 15 is 0 Å². The Morgan fingerprint density at radius 1 is 1.09 bits per heavy atom. The van der Waals surface area contributed by atoms with Crippen molar-refractivity contribution in [1.29, 1.82) is 0 Å². The topological polar surface area (TPSA) is 50.7 Å². The Balaban J connectivity index is 1.85. The van der Waals surface area contributed by atoms with Gasteiger partial charge < -0.3 is 4.74 Å². The van der Waals surface area contributed by atoms with Crippen molar-refractivity contribution in [2.24, 2.45) is 5.10 Å². The minimum absolute atomic E-state index is 0.347. The summed E-state index contributed by atoms with van der Waals surface area (Å²) in [6.45, 7) is 1.64. The predicted molar refractivity (Wildman–Crippen MR) is 88.7 cm³/mol. The van der Waals surface area contributed by atoms with Crippen LogP contribution in [0.5, 0.6) is 5.75 Å². The number of halogens is 2. The zero-order valence-corrected chi connectivity index (χ0v) is 13.3. The molecule has 1 atom stereocenters. The molecule has 0 unspecified atom stereocenters. The lowest BCUT2D eigenvalue weighted by Gasteiger charge is -2.12. The van der Waals surface area contributed by atoms with E-state index in [1.807, 2.05) is 0 Å². The number of nitrogens with zero attached hydrogens (tertiary/aromatic N) is 1. The van der Waals surface area contributed by atoms with E-state index in [4.69, 9.17) is 27.9 Å². The van der Waals surface area contributed by atoms with Crippen molar-refractivity contribution >= 4 is 35.3 Å². The first-order valence-corrected chi connectivity index (χ1v) is 7.31. The van der Waals surface area contributed by atoms with Gasteiger partial charge in [0.15, 0.2) is 6.10 Å². The van der Waals surface area contributed by atoms with Crippen LogP contribution in [-0.4, -0.2) is 18.2 Å². The second-order valence-corrected chi connectivity index (χ2v) is 5.37. The highest BCUT2D eigenvalue weighted by atomic mass is 35.5. The molecule has 0 heterocycles. The summed E-state index contributed by atoms with van der Waals surface area (Å²) < 4.78 is 5.49. The van der Waals surface area contributed by atoms with Gasteiger partial charge in [0.25, 0.3) is 5.91 Å². The molecule has 0 fully saturated rings. The summed E-state index contributed by atoms with van der Waals surface area (Å²) in [5.74, 6) is 0.217. The molecule has 1 amide bonds. The molecule has 0 aromatic heterocycles. The van der Waals surface area contributed by atoms with Crippen molar-refractivity contribution in [3.05, 3.63) is 64.1 Å². The average Bonchev–Trinajstić information content (AvgIpc) is 2.51. The number of benzene rings is 2. The molecule has 0 aliphatic carbocycles. The summed E-state index contributed by atoms with van der Waals surface area (Å²) in [7, 11) is 0. The van der Waals surface area contributed by atoms with Gasteiger partial charge in [-0.25, -0.2) is 5.43 Å². The van der Waals surface area contributed by atoms with E-state index in [9.17, 15) is 4.79 Å². The quantitative estimate of drug-likeness (QED) is 0.664. The fourth-order valence-electron chi connectivity index (χ4n) is 1.58. The standard InChI is InChI=1S/C16H14Cl2N2O2/c1-11(22-15-8-6-14(18)7-9-15)16(21)20-19-10-12-2-4-13(17)5-3-12/h2-11H,1H3,(H,20,21)/b19-10-/t11-/m0/s1. The Bertz CT molecular complexity index is 655. The molecule has 1 N–H and O–H groups in total. The van der Waals surface area contributed by atoms with Gasteiger partial charge in [-0.3, -0.25) is 4.79 Å². The third-order valence-electron chi connectivity index (χ3n) is 2.75. The smallest absolute Gasteiger partial charge is 0.280 e. The van der Waals surface area contributed by atoms with E-state index in [1.54, 1.807) is 55.5 Å². The number of hydrogen-bond acceptors (Lipinski definition) is 3. The lowest BCUT2D eigenvalue weighted by atomic mass is 10.2. The molecular formula is C16H14Cl2N2O2. The Hall–Kier alpha value is -2.04. The average molecular weight is 337 g/mol. The van der Waals surface area contributed by atoms with Crippen molar-refractivity contribution in [3.8, 4) is 5.75 Å². The van der Waals surface area contributed by atoms with Crippen LogP contribution in [0.1, 0.15) is 12.5 Å². The number of carbonyl (C=O) groups is 1. The first-order valence-electron chi connectivity index (χ1n) is 6.55. The lowest BCUT2D eigenvalue weighted by Crippen LogP contribution is -2.33. The maximum absolute atomic E-state index is 11.9. The van der Waals surface area contributed by atoms with Crippen LogP contribution >= 0.6 is 23.2 Å². The number of hydrogen-bond donors (Lipinski definition) is 1. The predicted octanol–water partition coefficient (Wildman–Crippen LogP) is 3.91. The Morgan fingerprint density at radius 3 is 2.23 bits per heavy atom. The Morgan fingerprint density at radius 2 is 1.64 bits per heavy atom. The molecule has 22 heavy (non-hydrogen) atoms. The second kappa shape index (κ2) is 7.82. The van der Waals surface area contributed by atoms with Gasteiger partial charge in [0.1, 0.15) is 5.75 Å². The molecule has 0 radical (unpaired) electrons. The molecule has 0 saturated carbocycles. The summed E-state index contributed by atoms with van der Waals surface area (Å²) in [4.78, 5) is 11.9. The molecule has 2 aromatic carbocycles. The van der Waals surface area contributed by atoms with Crippen molar-refractivity contribution in [1.82, 2.24) is 5.43 Å². The van der Waals surface area contributed by atoms with Gasteiger partial charge in [0.2, 0.25) is 0 Å². The van der Waals surface area contributed by atoms with E-state index < -0.39 is 6.10 Å². The Kier molecular flexibility index (Phi) is 5.81. The van der Waals surface area contributed by atoms with E-state index in [1.165, 1.54) is 6.21 Å². The van der Waals surface area contributed by atoms with Gasteiger partial charge in [-0.05, 0) is 48.9 Å². The molecule has 2 aromatic rings. The van der Waals surface area contributed by atoms with Crippen LogP contribution in [0.25, 0.3) is 0 Å². The summed E-state index contributed by atoms with van der Waals surface area (Å²) >= 11 is 11.6. The van der Waals surface area contributed by atoms with Crippen LogP contribution in [0, 0.1) is 0 Å². The van der Waals surface area contributed by atoms with Crippen LogP contribution in [0.2, 0.25) is 10.0 Å². The largest absolute Gasteiger partial charge is 0.481 e. The van der Waals surface area contributed by atoms with Gasteiger partial charge in [-0.2, -0.15) is 5.10 Å². The van der Waals surface area contributed by atoms with Gasteiger partial charge in [-0.1, -0.05) is 35.3 Å². The SMILES string of the molecule is C[C@H](Oc1ccc(Cl)cc1)C(=O)N/N=C\c1ccc(Cl)cc1. The van der Waals surface area contributed by atoms with Crippen molar-refractivity contribution in [3.63, 3.8) is 0 Å². The number of rotatable bonds is 5. The van der Waals surface area contributed by atoms with Crippen LogP contribution in [0.3, 0.4) is 0 Å². The van der Waals surface area contributed by atoms with Crippen molar-refractivity contribution in [2.75, 3.05) is 0 Å². The molecule has 0 saturated heterocycles. The maximum Gasteiger partial charge on any atom is 0.280 e. The highest BCUT2D eigenvalue weighted by Gasteiger charge is 2.13. The van der Waals surface area contributed by atoms with Crippen LogP contribution in [-0.2, 0) is 4.79 Å². The molecule has 2 rings (SSSR count). The summed E-state index contributed by atoms with van der Waals surface area (Å²) in [5, 5.41) is 5.13. The minimum atomic E-state index is -0.677. The summed E-state index contributed by atoms with van der Waals surface area (Å²) in [6, 6.07) is 13.9. The summed E-state index contributed by atoms with van der Waals surface area (Å²) in [6.07, 6.45) is 0.854. The molecule has 4 nitrogen and oxygen atoms in total. The molecule has 6 heteroatoms. The fourth-order valence-corrected chi connectivity index (χ4v) is 1.83. The van der Waals surface area contributed by atoms with E-state index in [0.717, 1.165) is 5.56 Å². The number of ether oxygens (including phenoxy) is 1. The molecular weight excluding hydrogens is 323 g/mol. The Labute approximate surface area is 138 Å². The molecule has 0 bridgehead atoms. The third kappa shape index (κ3) is 5.06. The highest BCUT2D eigenvalue weighted by molar-refractivity contribution is 6.30.